The molecular weight excluding hydrogens is 224 g/mol. The van der Waals surface area contributed by atoms with Crippen LogP contribution >= 0.6 is 0 Å². The van der Waals surface area contributed by atoms with Crippen molar-refractivity contribution >= 4 is 12.1 Å². The van der Waals surface area contributed by atoms with Crippen molar-refractivity contribution in [2.45, 2.75) is 26.2 Å². The SMILES string of the molecule is Cc1ccccc1/C=C/NC(=O)N1CCCCC1. The van der Waals surface area contributed by atoms with Crippen LogP contribution in [-0.2, 0) is 0 Å². The molecule has 18 heavy (non-hydrogen) atoms. The van der Waals surface area contributed by atoms with Gasteiger partial charge < -0.3 is 10.2 Å². The maximum absolute atomic E-state index is 11.8. The lowest BCUT2D eigenvalue weighted by Crippen LogP contribution is -2.40. The molecule has 0 aromatic heterocycles. The Hall–Kier alpha value is -1.77. The van der Waals surface area contributed by atoms with E-state index in [0.29, 0.717) is 0 Å². The first-order valence-corrected chi connectivity index (χ1v) is 6.55. The first-order chi connectivity index (χ1) is 8.77. The van der Waals surface area contributed by atoms with Crippen LogP contribution in [0.3, 0.4) is 0 Å². The molecule has 0 radical (unpaired) electrons. The monoisotopic (exact) mass is 244 g/mol. The number of nitrogens with one attached hydrogen (secondary N) is 1. The van der Waals surface area contributed by atoms with Crippen LogP contribution in [0.2, 0.25) is 0 Å². The number of rotatable bonds is 2. The average Bonchev–Trinajstić information content (AvgIpc) is 2.42. The summed E-state index contributed by atoms with van der Waals surface area (Å²) in [5.41, 5.74) is 2.34. The van der Waals surface area contributed by atoms with Gasteiger partial charge in [-0.2, -0.15) is 0 Å². The van der Waals surface area contributed by atoms with Gasteiger partial charge in [-0.25, -0.2) is 4.79 Å². The maximum Gasteiger partial charge on any atom is 0.321 e. The van der Waals surface area contributed by atoms with E-state index in [1.165, 1.54) is 12.0 Å². The van der Waals surface area contributed by atoms with E-state index >= 15 is 0 Å². The largest absolute Gasteiger partial charge is 0.325 e. The van der Waals surface area contributed by atoms with Gasteiger partial charge in [-0.1, -0.05) is 24.3 Å². The molecule has 0 atom stereocenters. The minimum atomic E-state index is 0.0135. The number of carbonyl (C=O) groups is 1. The summed E-state index contributed by atoms with van der Waals surface area (Å²) in [5, 5.41) is 2.83. The molecule has 1 aromatic rings. The van der Waals surface area contributed by atoms with Gasteiger partial charge in [-0.05, 0) is 43.4 Å². The maximum atomic E-state index is 11.8. The van der Waals surface area contributed by atoms with Crippen molar-refractivity contribution < 1.29 is 4.79 Å². The Morgan fingerprint density at radius 3 is 2.67 bits per heavy atom. The zero-order chi connectivity index (χ0) is 12.8. The molecule has 0 unspecified atom stereocenters. The van der Waals surface area contributed by atoms with Gasteiger partial charge in [-0.15, -0.1) is 0 Å². The van der Waals surface area contributed by atoms with Crippen molar-refractivity contribution in [3.05, 3.63) is 41.6 Å². The third-order valence-electron chi connectivity index (χ3n) is 3.30. The molecule has 0 spiro atoms. The molecule has 1 aromatic carbocycles. The predicted molar refractivity (Wildman–Crippen MR) is 74.2 cm³/mol. The lowest BCUT2D eigenvalue weighted by molar-refractivity contribution is 0.190. The second-order valence-corrected chi connectivity index (χ2v) is 4.69. The summed E-state index contributed by atoms with van der Waals surface area (Å²) >= 11 is 0. The summed E-state index contributed by atoms with van der Waals surface area (Å²) in [4.78, 5) is 13.7. The highest BCUT2D eigenvalue weighted by Crippen LogP contribution is 2.09. The second-order valence-electron chi connectivity index (χ2n) is 4.69. The molecule has 3 heteroatoms. The number of amides is 2. The average molecular weight is 244 g/mol. The van der Waals surface area contributed by atoms with E-state index in [4.69, 9.17) is 0 Å². The van der Waals surface area contributed by atoms with Crippen molar-refractivity contribution in [2.24, 2.45) is 0 Å². The number of carbonyl (C=O) groups excluding carboxylic acids is 1. The zero-order valence-electron chi connectivity index (χ0n) is 10.9. The van der Waals surface area contributed by atoms with Crippen LogP contribution in [-0.4, -0.2) is 24.0 Å². The second kappa shape index (κ2) is 6.24. The van der Waals surface area contributed by atoms with Crippen molar-refractivity contribution in [1.29, 1.82) is 0 Å². The summed E-state index contributed by atoms with van der Waals surface area (Å²) in [7, 11) is 0. The number of benzene rings is 1. The number of urea groups is 1. The Kier molecular flexibility index (Phi) is 4.40. The molecule has 0 aliphatic carbocycles. The topological polar surface area (TPSA) is 32.3 Å². The van der Waals surface area contributed by atoms with Gasteiger partial charge in [0.15, 0.2) is 0 Å². The normalized spacial score (nSPS) is 15.9. The van der Waals surface area contributed by atoms with E-state index in [0.717, 1.165) is 31.5 Å². The van der Waals surface area contributed by atoms with E-state index in [2.05, 4.69) is 18.3 Å². The highest BCUT2D eigenvalue weighted by atomic mass is 16.2. The summed E-state index contributed by atoms with van der Waals surface area (Å²) in [6.45, 7) is 3.82. The first kappa shape index (κ1) is 12.7. The van der Waals surface area contributed by atoms with Gasteiger partial charge in [0.1, 0.15) is 0 Å². The summed E-state index contributed by atoms with van der Waals surface area (Å²) in [6, 6.07) is 8.13. The van der Waals surface area contributed by atoms with Crippen LogP contribution in [0, 0.1) is 6.92 Å². The molecule has 1 aliphatic heterocycles. The Labute approximate surface area is 108 Å². The van der Waals surface area contributed by atoms with Crippen LogP contribution < -0.4 is 5.32 Å². The fraction of sp³-hybridized carbons (Fsp3) is 0.400. The number of piperidine rings is 1. The van der Waals surface area contributed by atoms with E-state index in [1.807, 2.05) is 29.2 Å². The van der Waals surface area contributed by atoms with Crippen LogP contribution in [0.4, 0.5) is 4.79 Å². The minimum Gasteiger partial charge on any atom is -0.325 e. The van der Waals surface area contributed by atoms with Crippen molar-refractivity contribution in [1.82, 2.24) is 10.2 Å². The summed E-state index contributed by atoms with van der Waals surface area (Å²) in [6.07, 6.45) is 7.16. The molecule has 1 N–H and O–H groups in total. The number of hydrogen-bond donors (Lipinski definition) is 1. The molecule has 2 rings (SSSR count). The lowest BCUT2D eigenvalue weighted by atomic mass is 10.1. The summed E-state index contributed by atoms with van der Waals surface area (Å²) in [5.74, 6) is 0. The zero-order valence-corrected chi connectivity index (χ0v) is 10.9. The van der Waals surface area contributed by atoms with E-state index in [-0.39, 0.29) is 6.03 Å². The Balaban J connectivity index is 1.87. The molecule has 3 nitrogen and oxygen atoms in total. The van der Waals surface area contributed by atoms with Crippen molar-refractivity contribution in [3.63, 3.8) is 0 Å². The third kappa shape index (κ3) is 3.36. The molecule has 96 valence electrons. The quantitative estimate of drug-likeness (QED) is 0.851. The highest BCUT2D eigenvalue weighted by molar-refractivity contribution is 5.76. The van der Waals surface area contributed by atoms with Crippen LogP contribution in [0.1, 0.15) is 30.4 Å². The fourth-order valence-corrected chi connectivity index (χ4v) is 2.16. The van der Waals surface area contributed by atoms with Crippen LogP contribution in [0.15, 0.2) is 30.5 Å². The fourth-order valence-electron chi connectivity index (χ4n) is 2.16. The van der Waals surface area contributed by atoms with Crippen molar-refractivity contribution in [2.75, 3.05) is 13.1 Å². The Morgan fingerprint density at radius 2 is 1.94 bits per heavy atom. The molecule has 1 aliphatic rings. The number of aryl methyl sites for hydroxylation is 1. The minimum absolute atomic E-state index is 0.0135. The van der Waals surface area contributed by atoms with Crippen molar-refractivity contribution in [3.8, 4) is 0 Å². The van der Waals surface area contributed by atoms with Gasteiger partial charge >= 0.3 is 6.03 Å². The van der Waals surface area contributed by atoms with E-state index < -0.39 is 0 Å². The van der Waals surface area contributed by atoms with Gasteiger partial charge in [0, 0.05) is 19.3 Å². The molecule has 1 heterocycles. The lowest BCUT2D eigenvalue weighted by Gasteiger charge is -2.26. The molecular formula is C15H20N2O. The van der Waals surface area contributed by atoms with E-state index in [1.54, 1.807) is 6.20 Å². The predicted octanol–water partition coefficient (Wildman–Crippen LogP) is 3.16. The molecule has 2 amide bonds. The highest BCUT2D eigenvalue weighted by Gasteiger charge is 2.14. The van der Waals surface area contributed by atoms with Crippen LogP contribution in [0.25, 0.3) is 6.08 Å². The van der Waals surface area contributed by atoms with Gasteiger partial charge in [0.25, 0.3) is 0 Å². The first-order valence-electron chi connectivity index (χ1n) is 6.55. The molecule has 0 saturated carbocycles. The number of nitrogens with zero attached hydrogens (tertiary/aromatic N) is 1. The smallest absolute Gasteiger partial charge is 0.321 e. The molecule has 1 saturated heterocycles. The Morgan fingerprint density at radius 1 is 1.22 bits per heavy atom. The van der Waals surface area contributed by atoms with Gasteiger partial charge in [0.05, 0.1) is 0 Å². The van der Waals surface area contributed by atoms with Gasteiger partial charge in [-0.3, -0.25) is 0 Å². The number of hydrogen-bond acceptors (Lipinski definition) is 1. The third-order valence-corrected chi connectivity index (χ3v) is 3.30. The van der Waals surface area contributed by atoms with Gasteiger partial charge in [0.2, 0.25) is 0 Å². The summed E-state index contributed by atoms with van der Waals surface area (Å²) < 4.78 is 0. The molecule has 0 bridgehead atoms. The van der Waals surface area contributed by atoms with E-state index in [9.17, 15) is 4.79 Å². The van der Waals surface area contributed by atoms with Crippen LogP contribution in [0.5, 0.6) is 0 Å². The Bertz CT molecular complexity index is 434. The molecule has 1 fully saturated rings. The standard InChI is InChI=1S/C15H20N2O/c1-13-7-3-4-8-14(13)9-10-16-15(18)17-11-5-2-6-12-17/h3-4,7-10H,2,5-6,11-12H2,1H3,(H,16,18)/b10-9+. The number of likely N-dealkylation sites (tertiary alicyclic amines) is 1.